The zero-order valence-corrected chi connectivity index (χ0v) is 10.5. The van der Waals surface area contributed by atoms with E-state index in [1.54, 1.807) is 11.9 Å². The molecular weight excluding hydrogens is 216 g/mol. The SMILES string of the molecule is CCOC(=O)C/C(=N\N(C)C)c1ccccc1. The normalized spacial score (nSPS) is 11.1. The van der Waals surface area contributed by atoms with E-state index < -0.39 is 0 Å². The lowest BCUT2D eigenvalue weighted by Gasteiger charge is -2.10. The highest BCUT2D eigenvalue weighted by Crippen LogP contribution is 2.06. The van der Waals surface area contributed by atoms with Crippen molar-refractivity contribution in [3.05, 3.63) is 35.9 Å². The molecule has 0 unspecified atom stereocenters. The maximum atomic E-state index is 11.5. The van der Waals surface area contributed by atoms with Gasteiger partial charge in [0.1, 0.15) is 0 Å². The monoisotopic (exact) mass is 234 g/mol. The van der Waals surface area contributed by atoms with Crippen molar-refractivity contribution >= 4 is 11.7 Å². The van der Waals surface area contributed by atoms with Gasteiger partial charge in [-0.1, -0.05) is 30.3 Å². The molecule has 0 heterocycles. The fourth-order valence-corrected chi connectivity index (χ4v) is 1.42. The van der Waals surface area contributed by atoms with Crippen molar-refractivity contribution in [2.24, 2.45) is 5.10 Å². The average molecular weight is 234 g/mol. The molecule has 1 rings (SSSR count). The molecule has 17 heavy (non-hydrogen) atoms. The first-order valence-electron chi connectivity index (χ1n) is 5.59. The molecule has 0 fully saturated rings. The van der Waals surface area contributed by atoms with Gasteiger partial charge in [-0.2, -0.15) is 5.10 Å². The Morgan fingerprint density at radius 2 is 1.94 bits per heavy atom. The van der Waals surface area contributed by atoms with E-state index in [0.717, 1.165) is 5.56 Å². The Balaban J connectivity index is 2.86. The standard InChI is InChI=1S/C13H18N2O2/c1-4-17-13(16)10-12(14-15(2)3)11-8-6-5-7-9-11/h5-9H,4,10H2,1-3H3/b14-12+. The first-order chi connectivity index (χ1) is 8.13. The Labute approximate surface area is 102 Å². The van der Waals surface area contributed by atoms with Gasteiger partial charge >= 0.3 is 5.97 Å². The van der Waals surface area contributed by atoms with Gasteiger partial charge in [0, 0.05) is 14.1 Å². The summed E-state index contributed by atoms with van der Waals surface area (Å²) in [4.78, 5) is 11.5. The zero-order chi connectivity index (χ0) is 12.7. The highest BCUT2D eigenvalue weighted by molar-refractivity contribution is 6.09. The molecule has 0 aliphatic carbocycles. The van der Waals surface area contributed by atoms with Crippen molar-refractivity contribution < 1.29 is 9.53 Å². The number of esters is 1. The molecule has 0 aromatic heterocycles. The van der Waals surface area contributed by atoms with E-state index in [1.807, 2.05) is 44.4 Å². The van der Waals surface area contributed by atoms with Crippen LogP contribution in [0.25, 0.3) is 0 Å². The molecule has 4 nitrogen and oxygen atoms in total. The smallest absolute Gasteiger partial charge is 0.311 e. The van der Waals surface area contributed by atoms with Gasteiger partial charge in [-0.25, -0.2) is 0 Å². The molecule has 0 saturated heterocycles. The number of carbonyl (C=O) groups excluding carboxylic acids is 1. The molecule has 0 amide bonds. The number of hydrazone groups is 1. The Morgan fingerprint density at radius 3 is 2.47 bits per heavy atom. The van der Waals surface area contributed by atoms with Crippen LogP contribution in [0.5, 0.6) is 0 Å². The molecule has 1 aromatic carbocycles. The van der Waals surface area contributed by atoms with E-state index in [0.29, 0.717) is 12.3 Å². The first-order valence-corrected chi connectivity index (χ1v) is 5.59. The van der Waals surface area contributed by atoms with Crippen LogP contribution in [0.3, 0.4) is 0 Å². The van der Waals surface area contributed by atoms with Gasteiger partial charge in [0.25, 0.3) is 0 Å². The summed E-state index contributed by atoms with van der Waals surface area (Å²) in [7, 11) is 3.65. The summed E-state index contributed by atoms with van der Waals surface area (Å²) in [5.74, 6) is -0.253. The molecule has 0 bridgehead atoms. The largest absolute Gasteiger partial charge is 0.466 e. The molecule has 0 radical (unpaired) electrons. The van der Waals surface area contributed by atoms with Crippen LogP contribution in [0.1, 0.15) is 18.9 Å². The highest BCUT2D eigenvalue weighted by Gasteiger charge is 2.11. The molecule has 0 saturated carbocycles. The molecule has 0 aliphatic heterocycles. The van der Waals surface area contributed by atoms with Crippen LogP contribution in [0.2, 0.25) is 0 Å². The van der Waals surface area contributed by atoms with Gasteiger partial charge in [0.2, 0.25) is 0 Å². The number of benzene rings is 1. The molecule has 0 aliphatic rings. The van der Waals surface area contributed by atoms with Crippen LogP contribution in [-0.2, 0) is 9.53 Å². The van der Waals surface area contributed by atoms with Gasteiger partial charge in [0.05, 0.1) is 18.7 Å². The van der Waals surface area contributed by atoms with Gasteiger partial charge in [-0.05, 0) is 12.5 Å². The summed E-state index contributed by atoms with van der Waals surface area (Å²) in [6.07, 6.45) is 0.191. The van der Waals surface area contributed by atoms with E-state index in [1.165, 1.54) is 0 Å². The minimum absolute atomic E-state index is 0.191. The maximum Gasteiger partial charge on any atom is 0.311 e. The first kappa shape index (κ1) is 13.2. The Morgan fingerprint density at radius 1 is 1.29 bits per heavy atom. The topological polar surface area (TPSA) is 41.9 Å². The summed E-state index contributed by atoms with van der Waals surface area (Å²) in [6.45, 7) is 2.19. The summed E-state index contributed by atoms with van der Waals surface area (Å²) in [6, 6.07) is 9.64. The Kier molecular flexibility index (Phi) is 5.20. The molecule has 0 atom stereocenters. The summed E-state index contributed by atoms with van der Waals surface area (Å²) in [5.41, 5.74) is 1.66. The molecule has 92 valence electrons. The summed E-state index contributed by atoms with van der Waals surface area (Å²) in [5, 5.41) is 6.00. The van der Waals surface area contributed by atoms with Crippen molar-refractivity contribution in [1.82, 2.24) is 5.01 Å². The van der Waals surface area contributed by atoms with Crippen molar-refractivity contribution in [2.45, 2.75) is 13.3 Å². The molecule has 4 heteroatoms. The number of carbonyl (C=O) groups is 1. The minimum Gasteiger partial charge on any atom is -0.466 e. The summed E-state index contributed by atoms with van der Waals surface area (Å²) < 4.78 is 4.94. The van der Waals surface area contributed by atoms with Gasteiger partial charge < -0.3 is 9.75 Å². The molecule has 1 aromatic rings. The van der Waals surface area contributed by atoms with E-state index in [-0.39, 0.29) is 12.4 Å². The van der Waals surface area contributed by atoms with Gasteiger partial charge in [0.15, 0.2) is 0 Å². The van der Waals surface area contributed by atoms with Crippen molar-refractivity contribution in [3.8, 4) is 0 Å². The fraction of sp³-hybridized carbons (Fsp3) is 0.385. The second kappa shape index (κ2) is 6.68. The third-order valence-electron chi connectivity index (χ3n) is 2.04. The Hall–Kier alpha value is -1.84. The predicted octanol–water partition coefficient (Wildman–Crippen LogP) is 1.91. The number of rotatable bonds is 5. The third kappa shape index (κ3) is 4.68. The van der Waals surface area contributed by atoms with Crippen LogP contribution in [0.4, 0.5) is 0 Å². The van der Waals surface area contributed by atoms with Crippen molar-refractivity contribution in [3.63, 3.8) is 0 Å². The van der Waals surface area contributed by atoms with Gasteiger partial charge in [-0.15, -0.1) is 0 Å². The fourth-order valence-electron chi connectivity index (χ4n) is 1.42. The van der Waals surface area contributed by atoms with Crippen LogP contribution >= 0.6 is 0 Å². The quantitative estimate of drug-likeness (QED) is 0.444. The molecule has 0 spiro atoms. The van der Waals surface area contributed by atoms with Crippen LogP contribution in [-0.4, -0.2) is 37.4 Å². The zero-order valence-electron chi connectivity index (χ0n) is 10.5. The van der Waals surface area contributed by atoms with E-state index in [9.17, 15) is 4.79 Å². The third-order valence-corrected chi connectivity index (χ3v) is 2.04. The lowest BCUT2D eigenvalue weighted by Crippen LogP contribution is -2.16. The van der Waals surface area contributed by atoms with Crippen molar-refractivity contribution in [1.29, 1.82) is 0 Å². The predicted molar refractivity (Wildman–Crippen MR) is 67.9 cm³/mol. The Bertz CT molecular complexity index is 386. The minimum atomic E-state index is -0.253. The lowest BCUT2D eigenvalue weighted by molar-refractivity contribution is -0.141. The van der Waals surface area contributed by atoms with Gasteiger partial charge in [-0.3, -0.25) is 4.79 Å². The average Bonchev–Trinajstić information content (AvgIpc) is 2.29. The second-order valence-electron chi connectivity index (χ2n) is 3.74. The molecule has 0 N–H and O–H groups in total. The number of hydrogen-bond donors (Lipinski definition) is 0. The van der Waals surface area contributed by atoms with E-state index in [2.05, 4.69) is 5.10 Å². The summed E-state index contributed by atoms with van der Waals surface area (Å²) >= 11 is 0. The van der Waals surface area contributed by atoms with E-state index >= 15 is 0 Å². The number of nitrogens with zero attached hydrogens (tertiary/aromatic N) is 2. The van der Waals surface area contributed by atoms with Crippen LogP contribution in [0, 0.1) is 0 Å². The lowest BCUT2D eigenvalue weighted by atomic mass is 10.1. The molecular formula is C13H18N2O2. The van der Waals surface area contributed by atoms with E-state index in [4.69, 9.17) is 4.74 Å². The van der Waals surface area contributed by atoms with Crippen LogP contribution < -0.4 is 0 Å². The number of ether oxygens (including phenoxy) is 1. The van der Waals surface area contributed by atoms with Crippen LogP contribution in [0.15, 0.2) is 35.4 Å². The van der Waals surface area contributed by atoms with Crippen molar-refractivity contribution in [2.75, 3.05) is 20.7 Å². The highest BCUT2D eigenvalue weighted by atomic mass is 16.5. The number of hydrogen-bond acceptors (Lipinski definition) is 4. The second-order valence-corrected chi connectivity index (χ2v) is 3.74. The maximum absolute atomic E-state index is 11.5.